The number of aromatic nitrogens is 1. The lowest BCUT2D eigenvalue weighted by Crippen LogP contribution is -2.20. The van der Waals surface area contributed by atoms with Crippen LogP contribution in [0.3, 0.4) is 0 Å². The molecular formula is C20H16F4N2O3. The quantitative estimate of drug-likeness (QED) is 0.640. The maximum atomic E-state index is 14.0. The zero-order chi connectivity index (χ0) is 21.7. The van der Waals surface area contributed by atoms with Gasteiger partial charge in [-0.3, -0.25) is 14.2 Å². The Bertz CT molecular complexity index is 1130. The van der Waals surface area contributed by atoms with Crippen molar-refractivity contribution in [2.75, 3.05) is 0 Å². The number of amides is 1. The number of rotatable bonds is 3. The number of hydrogen-bond donors (Lipinski definition) is 2. The van der Waals surface area contributed by atoms with Crippen LogP contribution in [0.4, 0.5) is 17.6 Å². The van der Waals surface area contributed by atoms with E-state index in [0.717, 1.165) is 41.0 Å². The van der Waals surface area contributed by atoms with Crippen molar-refractivity contribution in [2.24, 2.45) is 5.73 Å². The summed E-state index contributed by atoms with van der Waals surface area (Å²) in [6.07, 6.45) is -4.55. The Labute approximate surface area is 162 Å². The highest BCUT2D eigenvalue weighted by atomic mass is 19.4. The van der Waals surface area contributed by atoms with Gasteiger partial charge in [-0.05, 0) is 49.7 Å². The molecule has 1 aromatic heterocycles. The minimum Gasteiger partial charge on any atom is -0.505 e. The summed E-state index contributed by atoms with van der Waals surface area (Å²) in [6.45, 7) is 3.00. The van der Waals surface area contributed by atoms with Crippen LogP contribution in [0.1, 0.15) is 40.0 Å². The summed E-state index contributed by atoms with van der Waals surface area (Å²) in [5.74, 6) is -3.93. The molecule has 0 aliphatic rings. The maximum absolute atomic E-state index is 14.0. The Morgan fingerprint density at radius 2 is 1.72 bits per heavy atom. The van der Waals surface area contributed by atoms with E-state index in [0.29, 0.717) is 5.56 Å². The highest BCUT2D eigenvalue weighted by molar-refractivity contribution is 6.05. The molecule has 0 radical (unpaired) electrons. The molecule has 3 rings (SSSR count). The molecule has 3 N–H and O–H groups in total. The number of carbonyl (C=O) groups excluding carboxylic acids is 2. The van der Waals surface area contributed by atoms with E-state index in [4.69, 9.17) is 5.73 Å². The van der Waals surface area contributed by atoms with Crippen molar-refractivity contribution in [3.63, 3.8) is 0 Å². The summed E-state index contributed by atoms with van der Waals surface area (Å²) in [4.78, 5) is 24.7. The summed E-state index contributed by atoms with van der Waals surface area (Å²) in [5.41, 5.74) is 5.04. The van der Waals surface area contributed by atoms with E-state index in [-0.39, 0.29) is 22.2 Å². The first kappa shape index (κ1) is 20.4. The van der Waals surface area contributed by atoms with Gasteiger partial charge in [-0.1, -0.05) is 0 Å². The number of alkyl halides is 3. The average molecular weight is 408 g/mol. The van der Waals surface area contributed by atoms with Gasteiger partial charge in [0.2, 0.25) is 5.91 Å². The molecule has 0 fully saturated rings. The highest BCUT2D eigenvalue weighted by Gasteiger charge is 2.31. The molecule has 0 aliphatic heterocycles. The smallest absolute Gasteiger partial charge is 0.416 e. The number of hydrogen-bond acceptors (Lipinski definition) is 3. The van der Waals surface area contributed by atoms with Crippen molar-refractivity contribution in [1.82, 2.24) is 4.57 Å². The van der Waals surface area contributed by atoms with E-state index in [2.05, 4.69) is 0 Å². The lowest BCUT2D eigenvalue weighted by atomic mass is 9.97. The number of phenols is 1. The first-order valence-electron chi connectivity index (χ1n) is 8.48. The first-order chi connectivity index (χ1) is 13.4. The summed E-state index contributed by atoms with van der Waals surface area (Å²) < 4.78 is 53.4. The van der Waals surface area contributed by atoms with Crippen LogP contribution in [0.2, 0.25) is 0 Å². The van der Waals surface area contributed by atoms with Gasteiger partial charge in [0.25, 0.3) is 5.91 Å². The molecular weight excluding hydrogens is 392 g/mol. The number of primary amides is 1. The normalized spacial score (nSPS) is 12.9. The molecule has 0 bridgehead atoms. The average Bonchev–Trinajstić information content (AvgIpc) is 2.91. The maximum Gasteiger partial charge on any atom is 0.416 e. The molecule has 1 amide bonds. The standard InChI is InChI=1S/C20H16F4N2O3/c1-9(18(25)28)17-10(2)26(15-8-14(21)16(27)7-13(15)17)19(29)11-3-5-12(6-4-11)20(22,23)24/h3-9,27H,1-2H3,(H2,25,28). The number of aromatic hydroxyl groups is 1. The van der Waals surface area contributed by atoms with E-state index in [9.17, 15) is 32.3 Å². The van der Waals surface area contributed by atoms with Gasteiger partial charge in [-0.15, -0.1) is 0 Å². The van der Waals surface area contributed by atoms with Crippen molar-refractivity contribution in [2.45, 2.75) is 25.9 Å². The zero-order valence-corrected chi connectivity index (χ0v) is 15.3. The molecule has 0 spiro atoms. The molecule has 2 aromatic carbocycles. The van der Waals surface area contributed by atoms with Crippen LogP contribution in [0, 0.1) is 12.7 Å². The van der Waals surface area contributed by atoms with Gasteiger partial charge < -0.3 is 10.8 Å². The molecule has 1 unspecified atom stereocenters. The fraction of sp³-hybridized carbons (Fsp3) is 0.200. The number of nitrogens with zero attached hydrogens (tertiary/aromatic N) is 1. The van der Waals surface area contributed by atoms with Gasteiger partial charge in [0.1, 0.15) is 0 Å². The van der Waals surface area contributed by atoms with Crippen LogP contribution in [0.15, 0.2) is 36.4 Å². The van der Waals surface area contributed by atoms with Gasteiger partial charge in [0.05, 0.1) is 17.0 Å². The van der Waals surface area contributed by atoms with E-state index >= 15 is 0 Å². The van der Waals surface area contributed by atoms with E-state index < -0.39 is 41.0 Å². The van der Waals surface area contributed by atoms with Crippen LogP contribution >= 0.6 is 0 Å². The lowest BCUT2D eigenvalue weighted by Gasteiger charge is -2.11. The Kier molecular flexibility index (Phi) is 4.86. The van der Waals surface area contributed by atoms with E-state index in [1.165, 1.54) is 13.8 Å². The molecule has 152 valence electrons. The Morgan fingerprint density at radius 3 is 2.24 bits per heavy atom. The molecule has 5 nitrogen and oxygen atoms in total. The molecule has 9 heteroatoms. The number of carbonyl (C=O) groups is 2. The van der Waals surface area contributed by atoms with Crippen LogP contribution in [0.5, 0.6) is 5.75 Å². The third-order valence-electron chi connectivity index (χ3n) is 4.84. The van der Waals surface area contributed by atoms with Crippen LogP contribution < -0.4 is 5.73 Å². The molecule has 29 heavy (non-hydrogen) atoms. The third-order valence-corrected chi connectivity index (χ3v) is 4.84. The number of fused-ring (bicyclic) bond motifs is 1. The number of halogens is 4. The Hall–Kier alpha value is -3.36. The minimum atomic E-state index is -4.55. The highest BCUT2D eigenvalue weighted by Crippen LogP contribution is 2.36. The second kappa shape index (κ2) is 6.91. The fourth-order valence-corrected chi connectivity index (χ4v) is 3.33. The van der Waals surface area contributed by atoms with E-state index in [1.54, 1.807) is 0 Å². The summed E-state index contributed by atoms with van der Waals surface area (Å²) in [5, 5.41) is 9.98. The zero-order valence-electron chi connectivity index (χ0n) is 15.3. The molecule has 0 saturated carbocycles. The molecule has 0 saturated heterocycles. The Balaban J connectivity index is 2.23. The molecule has 1 atom stereocenters. The monoisotopic (exact) mass is 408 g/mol. The Morgan fingerprint density at radius 1 is 1.14 bits per heavy atom. The van der Waals surface area contributed by atoms with Crippen LogP contribution in [-0.2, 0) is 11.0 Å². The number of benzene rings is 2. The van der Waals surface area contributed by atoms with Gasteiger partial charge >= 0.3 is 6.18 Å². The molecule has 1 heterocycles. The summed E-state index contributed by atoms with van der Waals surface area (Å²) in [7, 11) is 0. The third kappa shape index (κ3) is 3.43. The number of phenolic OH excluding ortho intramolecular Hbond substituents is 1. The van der Waals surface area contributed by atoms with Crippen molar-refractivity contribution < 1.29 is 32.3 Å². The topological polar surface area (TPSA) is 85.3 Å². The van der Waals surface area contributed by atoms with Crippen LogP contribution in [-0.4, -0.2) is 21.5 Å². The van der Waals surface area contributed by atoms with Crippen LogP contribution in [0.25, 0.3) is 10.9 Å². The lowest BCUT2D eigenvalue weighted by molar-refractivity contribution is -0.137. The number of nitrogens with two attached hydrogens (primary N) is 1. The second-order valence-electron chi connectivity index (χ2n) is 6.66. The van der Waals surface area contributed by atoms with Gasteiger partial charge in [0, 0.05) is 22.7 Å². The predicted octanol–water partition coefficient (Wildman–Crippen LogP) is 4.09. The van der Waals surface area contributed by atoms with Gasteiger partial charge in [-0.2, -0.15) is 13.2 Å². The SMILES string of the molecule is Cc1c(C(C)C(N)=O)c2cc(O)c(F)cc2n1C(=O)c1ccc(C(F)(F)F)cc1. The molecule has 3 aromatic rings. The summed E-state index contributed by atoms with van der Waals surface area (Å²) in [6, 6.07) is 5.59. The van der Waals surface area contributed by atoms with Crippen molar-refractivity contribution >= 4 is 22.7 Å². The molecule has 0 aliphatic carbocycles. The fourth-order valence-electron chi connectivity index (χ4n) is 3.33. The van der Waals surface area contributed by atoms with E-state index in [1.807, 2.05) is 0 Å². The van der Waals surface area contributed by atoms with Crippen molar-refractivity contribution in [1.29, 1.82) is 0 Å². The second-order valence-corrected chi connectivity index (χ2v) is 6.66. The van der Waals surface area contributed by atoms with Crippen molar-refractivity contribution in [3.05, 3.63) is 64.6 Å². The largest absolute Gasteiger partial charge is 0.505 e. The van der Waals surface area contributed by atoms with Gasteiger partial charge in [-0.25, -0.2) is 4.39 Å². The van der Waals surface area contributed by atoms with Crippen molar-refractivity contribution in [3.8, 4) is 5.75 Å². The van der Waals surface area contributed by atoms with Gasteiger partial charge in [0.15, 0.2) is 11.6 Å². The minimum absolute atomic E-state index is 0.0609. The first-order valence-corrected chi connectivity index (χ1v) is 8.48. The summed E-state index contributed by atoms with van der Waals surface area (Å²) >= 11 is 0. The predicted molar refractivity (Wildman–Crippen MR) is 97.1 cm³/mol.